The van der Waals surface area contributed by atoms with Crippen LogP contribution in [0.2, 0.25) is 0 Å². The van der Waals surface area contributed by atoms with Crippen LogP contribution in [-0.4, -0.2) is 73.5 Å². The Morgan fingerprint density at radius 1 is 0.875 bits per heavy atom. The molecule has 206 valence electrons. The Labute approximate surface area is 234 Å². The highest BCUT2D eigenvalue weighted by atomic mass is 16.1. The Morgan fingerprint density at radius 2 is 1.57 bits per heavy atom. The molecule has 1 saturated carbocycles. The lowest BCUT2D eigenvalue weighted by Crippen LogP contribution is -2.55. The molecule has 2 bridgehead atoms. The number of hydrogen-bond acceptors (Lipinski definition) is 7. The summed E-state index contributed by atoms with van der Waals surface area (Å²) < 4.78 is 2.34. The number of nitrogens with zero attached hydrogens (tertiary/aromatic N) is 6. The molecule has 3 fully saturated rings. The van der Waals surface area contributed by atoms with Crippen LogP contribution in [0, 0.1) is 0 Å². The molecule has 7 rings (SSSR count). The summed E-state index contributed by atoms with van der Waals surface area (Å²) in [5.74, 6) is 0.260. The van der Waals surface area contributed by atoms with Crippen LogP contribution in [-0.2, 0) is 0 Å². The number of likely N-dealkylation sites (N-methyl/N-ethyl adjacent to an activating group) is 1. The number of rotatable bonds is 5. The minimum atomic E-state index is -0.234. The maximum Gasteiger partial charge on any atom is 0.274 e. The summed E-state index contributed by atoms with van der Waals surface area (Å²) in [6, 6.07) is 15.7. The van der Waals surface area contributed by atoms with E-state index in [1.807, 2.05) is 24.3 Å². The van der Waals surface area contributed by atoms with E-state index in [1.165, 1.54) is 38.8 Å². The SMILES string of the molecule is CN1C2CCC1CN([C@H]1CC[C@H](n3cc(-c4ccc(NC(=O)c5ccccn5)cc4)c4c(N)ncnc43)CC1)C2. The van der Waals surface area contributed by atoms with E-state index in [-0.39, 0.29) is 5.91 Å². The Morgan fingerprint density at radius 3 is 2.27 bits per heavy atom. The summed E-state index contributed by atoms with van der Waals surface area (Å²) in [7, 11) is 2.31. The predicted molar refractivity (Wildman–Crippen MR) is 157 cm³/mol. The van der Waals surface area contributed by atoms with Crippen LogP contribution >= 0.6 is 0 Å². The van der Waals surface area contributed by atoms with Gasteiger partial charge in [-0.3, -0.25) is 19.6 Å². The first-order valence-corrected chi connectivity index (χ1v) is 14.4. The van der Waals surface area contributed by atoms with E-state index < -0.39 is 0 Å². The lowest BCUT2D eigenvalue weighted by molar-refractivity contribution is 0.0400. The van der Waals surface area contributed by atoms with Gasteiger partial charge in [0.1, 0.15) is 23.5 Å². The molecule has 9 nitrogen and oxygen atoms in total. The number of hydrogen-bond donors (Lipinski definition) is 2. The van der Waals surface area contributed by atoms with Crippen LogP contribution in [0.25, 0.3) is 22.2 Å². The zero-order valence-electron chi connectivity index (χ0n) is 22.9. The maximum atomic E-state index is 12.5. The highest BCUT2D eigenvalue weighted by Crippen LogP contribution is 2.40. The van der Waals surface area contributed by atoms with Gasteiger partial charge in [0, 0.05) is 60.9 Å². The number of carbonyl (C=O) groups is 1. The number of nitrogen functional groups attached to an aromatic ring is 1. The molecule has 1 amide bonds. The molecule has 9 heteroatoms. The zero-order valence-corrected chi connectivity index (χ0v) is 22.9. The van der Waals surface area contributed by atoms with E-state index in [4.69, 9.17) is 10.7 Å². The monoisotopic (exact) mass is 536 g/mol. The minimum Gasteiger partial charge on any atom is -0.383 e. The molecule has 0 radical (unpaired) electrons. The molecular formula is C31H36N8O. The van der Waals surface area contributed by atoms with Crippen LogP contribution in [0.4, 0.5) is 11.5 Å². The first kappa shape index (κ1) is 25.2. The second kappa shape index (κ2) is 10.3. The molecule has 4 aromatic rings. The van der Waals surface area contributed by atoms with Gasteiger partial charge in [-0.1, -0.05) is 18.2 Å². The number of likely N-dealkylation sites (tertiary alicyclic amines) is 1. The highest BCUT2D eigenvalue weighted by Gasteiger charge is 2.40. The summed E-state index contributed by atoms with van der Waals surface area (Å²) in [4.78, 5) is 31.1. The minimum absolute atomic E-state index is 0.234. The zero-order chi connectivity index (χ0) is 27.2. The van der Waals surface area contributed by atoms with Crippen LogP contribution in [0.15, 0.2) is 61.2 Å². The van der Waals surface area contributed by atoms with Crippen LogP contribution < -0.4 is 11.1 Å². The van der Waals surface area contributed by atoms with Crippen LogP contribution in [0.5, 0.6) is 0 Å². The Kier molecular flexibility index (Phi) is 6.48. The van der Waals surface area contributed by atoms with Gasteiger partial charge in [-0.05, 0) is 75.4 Å². The fourth-order valence-electron chi connectivity index (χ4n) is 7.18. The number of aromatic nitrogens is 4. The van der Waals surface area contributed by atoms with Crippen molar-refractivity contribution in [2.75, 3.05) is 31.2 Å². The van der Waals surface area contributed by atoms with Crippen LogP contribution in [0.3, 0.4) is 0 Å². The van der Waals surface area contributed by atoms with Gasteiger partial charge in [0.25, 0.3) is 5.91 Å². The molecule has 2 atom stereocenters. The van der Waals surface area contributed by atoms with Crippen molar-refractivity contribution in [2.24, 2.45) is 0 Å². The van der Waals surface area contributed by atoms with Gasteiger partial charge >= 0.3 is 0 Å². The molecule has 40 heavy (non-hydrogen) atoms. The molecule has 3 aromatic heterocycles. The highest BCUT2D eigenvalue weighted by molar-refractivity contribution is 6.03. The number of benzene rings is 1. The predicted octanol–water partition coefficient (Wildman–Crippen LogP) is 4.59. The molecular weight excluding hydrogens is 500 g/mol. The third-order valence-electron chi connectivity index (χ3n) is 9.44. The summed E-state index contributed by atoms with van der Waals surface area (Å²) in [5.41, 5.74) is 10.5. The van der Waals surface area contributed by atoms with Gasteiger partial charge in [-0.25, -0.2) is 9.97 Å². The Hall–Kier alpha value is -3.82. The molecule has 5 heterocycles. The average Bonchev–Trinajstić information content (AvgIpc) is 3.46. The van der Waals surface area contributed by atoms with Crippen molar-refractivity contribution in [3.8, 4) is 11.1 Å². The van der Waals surface area contributed by atoms with Crippen molar-refractivity contribution in [3.05, 3.63) is 66.9 Å². The molecule has 2 saturated heterocycles. The number of amides is 1. The average molecular weight is 537 g/mol. The number of carbonyl (C=O) groups excluding carboxylic acids is 1. The number of piperazine rings is 1. The van der Waals surface area contributed by atoms with E-state index in [9.17, 15) is 4.79 Å². The van der Waals surface area contributed by atoms with Crippen molar-refractivity contribution in [1.29, 1.82) is 0 Å². The van der Waals surface area contributed by atoms with Gasteiger partial charge in [0.2, 0.25) is 0 Å². The number of nitrogens with two attached hydrogens (primary N) is 1. The second-order valence-electron chi connectivity index (χ2n) is 11.6. The lowest BCUT2D eigenvalue weighted by Gasteiger charge is -2.45. The van der Waals surface area contributed by atoms with Gasteiger partial charge in [0.05, 0.1) is 5.39 Å². The standard InChI is InChI=1S/C31H36N8O/c1-37-24-13-14-25(37)17-38(16-24)22-9-11-23(12-10-22)39-18-26(28-29(32)34-19-35-30(28)39)20-5-7-21(8-6-20)36-31(40)27-4-2-3-15-33-27/h2-8,15,18-19,22-25H,9-14,16-17H2,1H3,(H,36,40)(H2,32,34,35)/t22-,23-,24?,25?. The van der Waals surface area contributed by atoms with E-state index in [2.05, 4.69) is 42.9 Å². The first-order chi connectivity index (χ1) is 19.5. The molecule has 1 aliphatic carbocycles. The number of pyridine rings is 1. The molecule has 2 unspecified atom stereocenters. The molecule has 1 aromatic carbocycles. The van der Waals surface area contributed by atoms with E-state index in [0.717, 1.165) is 47.1 Å². The van der Waals surface area contributed by atoms with Crippen molar-refractivity contribution in [1.82, 2.24) is 29.3 Å². The van der Waals surface area contributed by atoms with Crippen molar-refractivity contribution >= 4 is 28.4 Å². The third-order valence-corrected chi connectivity index (χ3v) is 9.44. The molecule has 0 spiro atoms. The van der Waals surface area contributed by atoms with Crippen molar-refractivity contribution < 1.29 is 4.79 Å². The number of fused-ring (bicyclic) bond motifs is 3. The molecule has 3 N–H and O–H groups in total. The summed E-state index contributed by atoms with van der Waals surface area (Å²) in [5, 5.41) is 3.82. The lowest BCUT2D eigenvalue weighted by atomic mass is 9.89. The first-order valence-electron chi connectivity index (χ1n) is 14.4. The Balaban J connectivity index is 1.10. The summed E-state index contributed by atoms with van der Waals surface area (Å²) in [6.07, 6.45) is 12.8. The van der Waals surface area contributed by atoms with Crippen LogP contribution in [0.1, 0.15) is 55.1 Å². The maximum absolute atomic E-state index is 12.5. The quantitative estimate of drug-likeness (QED) is 0.384. The van der Waals surface area contributed by atoms with Crippen molar-refractivity contribution in [3.63, 3.8) is 0 Å². The van der Waals surface area contributed by atoms with Gasteiger partial charge < -0.3 is 15.6 Å². The Bertz CT molecular complexity index is 1500. The van der Waals surface area contributed by atoms with E-state index in [1.54, 1.807) is 30.7 Å². The number of nitrogens with one attached hydrogen (secondary N) is 1. The van der Waals surface area contributed by atoms with Crippen molar-refractivity contribution in [2.45, 2.75) is 62.7 Å². The van der Waals surface area contributed by atoms with E-state index in [0.29, 0.717) is 29.3 Å². The summed E-state index contributed by atoms with van der Waals surface area (Å²) >= 11 is 0. The largest absolute Gasteiger partial charge is 0.383 e. The fraction of sp³-hybridized carbons (Fsp3) is 0.419. The summed E-state index contributed by atoms with van der Waals surface area (Å²) in [6.45, 7) is 2.45. The van der Waals surface area contributed by atoms with E-state index >= 15 is 0 Å². The fourth-order valence-corrected chi connectivity index (χ4v) is 7.18. The molecule has 2 aliphatic heterocycles. The van der Waals surface area contributed by atoms with Gasteiger partial charge in [-0.15, -0.1) is 0 Å². The smallest absolute Gasteiger partial charge is 0.274 e. The van der Waals surface area contributed by atoms with Gasteiger partial charge in [0.15, 0.2) is 0 Å². The topological polar surface area (TPSA) is 105 Å². The van der Waals surface area contributed by atoms with Gasteiger partial charge in [-0.2, -0.15) is 0 Å². The second-order valence-corrected chi connectivity index (χ2v) is 11.6. The third kappa shape index (κ3) is 4.53. The molecule has 3 aliphatic rings. The normalized spacial score (nSPS) is 25.3. The number of anilines is 2.